The topological polar surface area (TPSA) is 81.7 Å². The van der Waals surface area contributed by atoms with Crippen molar-refractivity contribution in [2.24, 2.45) is 5.92 Å². The number of anilines is 3. The van der Waals surface area contributed by atoms with Gasteiger partial charge < -0.3 is 24.8 Å². The maximum absolute atomic E-state index is 11.7. The number of carbonyl (C=O) groups is 1. The Bertz CT molecular complexity index is 705. The molecule has 2 N–H and O–H groups in total. The van der Waals surface area contributed by atoms with E-state index in [0.29, 0.717) is 28.8 Å². The predicted octanol–water partition coefficient (Wildman–Crippen LogP) is 3.45. The third-order valence-corrected chi connectivity index (χ3v) is 3.49. The average Bonchev–Trinajstić information content (AvgIpc) is 2.62. The molecule has 7 heteroatoms. The molecule has 2 rings (SSSR count). The lowest BCUT2D eigenvalue weighted by molar-refractivity contribution is -0.118. The fourth-order valence-electron chi connectivity index (χ4n) is 2.13. The van der Waals surface area contributed by atoms with Gasteiger partial charge in [0, 0.05) is 23.7 Å². The van der Waals surface area contributed by atoms with Gasteiger partial charge in [-0.05, 0) is 12.1 Å². The largest absolute Gasteiger partial charge is 0.493 e. The number of amides is 1. The Hall–Kier alpha value is -2.96. The van der Waals surface area contributed by atoms with Crippen LogP contribution in [0.1, 0.15) is 13.8 Å². The molecule has 0 fully saturated rings. The van der Waals surface area contributed by atoms with E-state index < -0.39 is 0 Å². The predicted molar refractivity (Wildman–Crippen MR) is 97.1 cm³/mol. The molecule has 1 heterocycles. The second-order valence-corrected chi connectivity index (χ2v) is 5.62. The van der Waals surface area contributed by atoms with Gasteiger partial charge in [0.1, 0.15) is 5.82 Å². The molecule has 0 atom stereocenters. The smallest absolute Gasteiger partial charge is 0.226 e. The Morgan fingerprint density at radius 3 is 2.08 bits per heavy atom. The molecule has 1 amide bonds. The zero-order valence-electron chi connectivity index (χ0n) is 15.0. The summed E-state index contributed by atoms with van der Waals surface area (Å²) < 4.78 is 16.0. The zero-order valence-corrected chi connectivity index (χ0v) is 15.0. The minimum atomic E-state index is -0.0861. The lowest BCUT2D eigenvalue weighted by Crippen LogP contribution is -2.17. The van der Waals surface area contributed by atoms with Gasteiger partial charge in [0.25, 0.3) is 0 Å². The highest BCUT2D eigenvalue weighted by molar-refractivity contribution is 5.92. The van der Waals surface area contributed by atoms with Crippen LogP contribution in [0.5, 0.6) is 17.2 Å². The van der Waals surface area contributed by atoms with E-state index in [0.717, 1.165) is 5.69 Å². The van der Waals surface area contributed by atoms with Gasteiger partial charge in [-0.15, -0.1) is 0 Å². The van der Waals surface area contributed by atoms with Crippen molar-refractivity contribution in [2.45, 2.75) is 13.8 Å². The highest BCUT2D eigenvalue weighted by atomic mass is 16.5. The summed E-state index contributed by atoms with van der Waals surface area (Å²) in [6.45, 7) is 3.67. The number of nitrogens with zero attached hydrogens (tertiary/aromatic N) is 1. The van der Waals surface area contributed by atoms with Crippen LogP contribution >= 0.6 is 0 Å². The Morgan fingerprint density at radius 1 is 1.00 bits per heavy atom. The SMILES string of the molecule is COc1cc(Nc2ccc(NC(=O)C(C)C)cn2)cc(OC)c1OC. The molecule has 7 nitrogen and oxygen atoms in total. The number of rotatable bonds is 7. The molecule has 0 saturated heterocycles. The van der Waals surface area contributed by atoms with E-state index in [-0.39, 0.29) is 11.8 Å². The fraction of sp³-hybridized carbons (Fsp3) is 0.333. The molecule has 0 unspecified atom stereocenters. The molecule has 1 aromatic heterocycles. The second-order valence-electron chi connectivity index (χ2n) is 5.62. The molecule has 0 aliphatic heterocycles. The molecule has 0 bridgehead atoms. The average molecular weight is 345 g/mol. The van der Waals surface area contributed by atoms with E-state index in [4.69, 9.17) is 14.2 Å². The van der Waals surface area contributed by atoms with Crippen LogP contribution in [0.25, 0.3) is 0 Å². The maximum Gasteiger partial charge on any atom is 0.226 e. The molecule has 0 aliphatic rings. The second kappa shape index (κ2) is 8.23. The summed E-state index contributed by atoms with van der Waals surface area (Å²) >= 11 is 0. The van der Waals surface area contributed by atoms with Crippen molar-refractivity contribution in [1.82, 2.24) is 4.98 Å². The van der Waals surface area contributed by atoms with Crippen molar-refractivity contribution >= 4 is 23.1 Å². The van der Waals surface area contributed by atoms with E-state index in [1.54, 1.807) is 51.8 Å². The van der Waals surface area contributed by atoms with Crippen molar-refractivity contribution < 1.29 is 19.0 Å². The first-order valence-corrected chi connectivity index (χ1v) is 7.82. The van der Waals surface area contributed by atoms with Crippen molar-refractivity contribution in [2.75, 3.05) is 32.0 Å². The Kier molecular flexibility index (Phi) is 6.05. The minimum Gasteiger partial charge on any atom is -0.493 e. The number of hydrogen-bond acceptors (Lipinski definition) is 6. The van der Waals surface area contributed by atoms with Crippen LogP contribution in [0.15, 0.2) is 30.5 Å². The summed E-state index contributed by atoms with van der Waals surface area (Å²) in [5.41, 5.74) is 1.38. The van der Waals surface area contributed by atoms with E-state index in [2.05, 4.69) is 15.6 Å². The van der Waals surface area contributed by atoms with Gasteiger partial charge >= 0.3 is 0 Å². The van der Waals surface area contributed by atoms with Crippen molar-refractivity contribution in [3.05, 3.63) is 30.5 Å². The van der Waals surface area contributed by atoms with Gasteiger partial charge in [0.05, 0.1) is 33.2 Å². The summed E-state index contributed by atoms with van der Waals surface area (Å²) in [6, 6.07) is 7.14. The molecule has 0 aliphatic carbocycles. The number of methoxy groups -OCH3 is 3. The van der Waals surface area contributed by atoms with Crippen LogP contribution in [0.3, 0.4) is 0 Å². The molecular weight excluding hydrogens is 322 g/mol. The molecule has 25 heavy (non-hydrogen) atoms. The molecule has 0 spiro atoms. The normalized spacial score (nSPS) is 10.3. The van der Waals surface area contributed by atoms with Gasteiger partial charge in [0.15, 0.2) is 11.5 Å². The summed E-state index contributed by atoms with van der Waals surface area (Å²) in [7, 11) is 4.68. The molecule has 1 aromatic carbocycles. The standard InChI is InChI=1S/C18H23N3O4/c1-11(2)18(22)21-12-6-7-16(19-10-12)20-13-8-14(23-3)17(25-5)15(9-13)24-4/h6-11H,1-5H3,(H,19,20)(H,21,22). The van der Waals surface area contributed by atoms with Gasteiger partial charge in [0.2, 0.25) is 11.7 Å². The molecule has 0 saturated carbocycles. The molecule has 0 radical (unpaired) electrons. The number of nitrogens with one attached hydrogen (secondary N) is 2. The highest BCUT2D eigenvalue weighted by Crippen LogP contribution is 2.40. The van der Waals surface area contributed by atoms with Crippen LogP contribution in [0.2, 0.25) is 0 Å². The monoisotopic (exact) mass is 345 g/mol. The van der Waals surface area contributed by atoms with E-state index in [9.17, 15) is 4.79 Å². The first-order chi connectivity index (χ1) is 12.0. The van der Waals surface area contributed by atoms with Gasteiger partial charge in [-0.2, -0.15) is 0 Å². The van der Waals surface area contributed by atoms with E-state index >= 15 is 0 Å². The van der Waals surface area contributed by atoms with Crippen LogP contribution < -0.4 is 24.8 Å². The Morgan fingerprint density at radius 2 is 1.64 bits per heavy atom. The first kappa shape index (κ1) is 18.4. The van der Waals surface area contributed by atoms with Crippen molar-refractivity contribution in [1.29, 1.82) is 0 Å². The van der Waals surface area contributed by atoms with Crippen LogP contribution in [-0.2, 0) is 4.79 Å². The number of aromatic nitrogens is 1. The number of carbonyl (C=O) groups excluding carboxylic acids is 1. The van der Waals surface area contributed by atoms with Gasteiger partial charge in [-0.25, -0.2) is 4.98 Å². The van der Waals surface area contributed by atoms with Gasteiger partial charge in [-0.1, -0.05) is 13.8 Å². The number of benzene rings is 1. The summed E-state index contributed by atoms with van der Waals surface area (Å²) in [5, 5.41) is 5.97. The minimum absolute atomic E-state index is 0.0489. The maximum atomic E-state index is 11.7. The molecule has 2 aromatic rings. The lowest BCUT2D eigenvalue weighted by atomic mass is 10.2. The Labute approximate surface area is 147 Å². The first-order valence-electron chi connectivity index (χ1n) is 7.82. The van der Waals surface area contributed by atoms with Gasteiger partial charge in [-0.3, -0.25) is 4.79 Å². The summed E-state index contributed by atoms with van der Waals surface area (Å²) in [6.07, 6.45) is 1.60. The van der Waals surface area contributed by atoms with Crippen LogP contribution in [0, 0.1) is 5.92 Å². The fourth-order valence-corrected chi connectivity index (χ4v) is 2.13. The summed E-state index contributed by atoms with van der Waals surface area (Å²) in [4.78, 5) is 16.0. The third kappa shape index (κ3) is 4.53. The van der Waals surface area contributed by atoms with E-state index in [1.165, 1.54) is 0 Å². The molecule has 134 valence electrons. The summed E-state index contributed by atoms with van der Waals surface area (Å²) in [5.74, 6) is 2.10. The van der Waals surface area contributed by atoms with Crippen molar-refractivity contribution in [3.63, 3.8) is 0 Å². The molecular formula is C18H23N3O4. The third-order valence-electron chi connectivity index (χ3n) is 3.49. The van der Waals surface area contributed by atoms with Crippen LogP contribution in [-0.4, -0.2) is 32.2 Å². The van der Waals surface area contributed by atoms with Crippen LogP contribution in [0.4, 0.5) is 17.2 Å². The number of hydrogen-bond donors (Lipinski definition) is 2. The Balaban J connectivity index is 2.18. The lowest BCUT2D eigenvalue weighted by Gasteiger charge is -2.15. The zero-order chi connectivity index (χ0) is 18.4. The number of pyridine rings is 1. The quantitative estimate of drug-likeness (QED) is 0.800. The van der Waals surface area contributed by atoms with E-state index in [1.807, 2.05) is 13.8 Å². The number of ether oxygens (including phenoxy) is 3. The highest BCUT2D eigenvalue weighted by Gasteiger charge is 2.13. The van der Waals surface area contributed by atoms with Crippen molar-refractivity contribution in [3.8, 4) is 17.2 Å².